The highest BCUT2D eigenvalue weighted by molar-refractivity contribution is 7.13. The number of hydrogen-bond acceptors (Lipinski definition) is 6. The van der Waals surface area contributed by atoms with Crippen molar-refractivity contribution in [1.29, 1.82) is 0 Å². The zero-order chi connectivity index (χ0) is 13.7. The van der Waals surface area contributed by atoms with Crippen molar-refractivity contribution in [1.82, 2.24) is 4.98 Å². The SMILES string of the molecule is CCO[C@H](C)C(=O)OCc1cnc(-c2cccs2)o1. The Hall–Kier alpha value is -1.66. The molecule has 0 aliphatic carbocycles. The first kappa shape index (κ1) is 13.8. The summed E-state index contributed by atoms with van der Waals surface area (Å²) in [5.41, 5.74) is 0. The van der Waals surface area contributed by atoms with E-state index in [1.807, 2.05) is 24.4 Å². The van der Waals surface area contributed by atoms with Crippen LogP contribution in [-0.2, 0) is 20.9 Å². The third-order valence-electron chi connectivity index (χ3n) is 2.39. The summed E-state index contributed by atoms with van der Waals surface area (Å²) in [6.07, 6.45) is 0.998. The van der Waals surface area contributed by atoms with Gasteiger partial charge >= 0.3 is 5.97 Å². The molecule has 0 saturated carbocycles. The van der Waals surface area contributed by atoms with E-state index < -0.39 is 12.1 Å². The van der Waals surface area contributed by atoms with E-state index in [4.69, 9.17) is 13.9 Å². The fraction of sp³-hybridized carbons (Fsp3) is 0.385. The third kappa shape index (κ3) is 3.65. The number of nitrogens with zero attached hydrogens (tertiary/aromatic N) is 1. The highest BCUT2D eigenvalue weighted by Crippen LogP contribution is 2.24. The summed E-state index contributed by atoms with van der Waals surface area (Å²) in [7, 11) is 0. The van der Waals surface area contributed by atoms with Crippen LogP contribution in [0.3, 0.4) is 0 Å². The molecule has 0 fully saturated rings. The summed E-state index contributed by atoms with van der Waals surface area (Å²) in [5, 5.41) is 1.95. The van der Waals surface area contributed by atoms with E-state index in [0.717, 1.165) is 4.88 Å². The number of rotatable bonds is 6. The van der Waals surface area contributed by atoms with E-state index in [-0.39, 0.29) is 6.61 Å². The lowest BCUT2D eigenvalue weighted by Gasteiger charge is -2.09. The Morgan fingerprint density at radius 2 is 2.42 bits per heavy atom. The van der Waals surface area contributed by atoms with Gasteiger partial charge in [0, 0.05) is 6.61 Å². The maximum atomic E-state index is 11.5. The normalized spacial score (nSPS) is 12.3. The Bertz CT molecular complexity index is 520. The lowest BCUT2D eigenvalue weighted by Crippen LogP contribution is -2.23. The van der Waals surface area contributed by atoms with E-state index in [9.17, 15) is 4.79 Å². The van der Waals surface area contributed by atoms with E-state index >= 15 is 0 Å². The molecule has 19 heavy (non-hydrogen) atoms. The fourth-order valence-electron chi connectivity index (χ4n) is 1.47. The van der Waals surface area contributed by atoms with Gasteiger partial charge < -0.3 is 13.9 Å². The summed E-state index contributed by atoms with van der Waals surface area (Å²) in [4.78, 5) is 16.6. The molecule has 2 aromatic heterocycles. The Kier molecular flexibility index (Phi) is 4.70. The fourth-order valence-corrected chi connectivity index (χ4v) is 2.12. The summed E-state index contributed by atoms with van der Waals surface area (Å²) in [5.74, 6) is 0.648. The first-order valence-electron chi connectivity index (χ1n) is 5.97. The van der Waals surface area contributed by atoms with Crippen molar-refractivity contribution >= 4 is 17.3 Å². The third-order valence-corrected chi connectivity index (χ3v) is 3.25. The number of oxazole rings is 1. The molecular formula is C13H15NO4S. The quantitative estimate of drug-likeness (QED) is 0.762. The molecule has 0 aliphatic rings. The zero-order valence-corrected chi connectivity index (χ0v) is 11.6. The molecule has 0 amide bonds. The van der Waals surface area contributed by atoms with Gasteiger partial charge in [0.2, 0.25) is 5.89 Å². The van der Waals surface area contributed by atoms with E-state index in [1.54, 1.807) is 24.5 Å². The van der Waals surface area contributed by atoms with Crippen molar-refractivity contribution in [2.75, 3.05) is 6.61 Å². The van der Waals surface area contributed by atoms with Crippen LogP contribution in [-0.4, -0.2) is 23.7 Å². The van der Waals surface area contributed by atoms with Gasteiger partial charge in [0.15, 0.2) is 18.5 Å². The molecule has 0 aliphatic heterocycles. The second kappa shape index (κ2) is 6.49. The van der Waals surface area contributed by atoms with Gasteiger partial charge in [-0.05, 0) is 25.3 Å². The molecule has 5 nitrogen and oxygen atoms in total. The maximum Gasteiger partial charge on any atom is 0.335 e. The monoisotopic (exact) mass is 281 g/mol. The van der Waals surface area contributed by atoms with Gasteiger partial charge in [-0.3, -0.25) is 0 Å². The number of hydrogen-bond donors (Lipinski definition) is 0. The van der Waals surface area contributed by atoms with Crippen molar-refractivity contribution in [2.24, 2.45) is 0 Å². The zero-order valence-electron chi connectivity index (χ0n) is 10.8. The highest BCUT2D eigenvalue weighted by Gasteiger charge is 2.15. The summed E-state index contributed by atoms with van der Waals surface area (Å²) >= 11 is 1.54. The van der Waals surface area contributed by atoms with Crippen molar-refractivity contribution < 1.29 is 18.7 Å². The summed E-state index contributed by atoms with van der Waals surface area (Å²) < 4.78 is 15.7. The molecular weight excluding hydrogens is 266 g/mol. The van der Waals surface area contributed by atoms with Crippen LogP contribution in [0.5, 0.6) is 0 Å². The highest BCUT2D eigenvalue weighted by atomic mass is 32.1. The standard InChI is InChI=1S/C13H15NO4S/c1-3-16-9(2)13(15)17-8-10-7-14-12(18-10)11-5-4-6-19-11/h4-7,9H,3,8H2,1-2H3/t9-/m1/s1. The lowest BCUT2D eigenvalue weighted by molar-refractivity contribution is -0.157. The maximum absolute atomic E-state index is 11.5. The van der Waals surface area contributed by atoms with E-state index in [1.165, 1.54) is 0 Å². The predicted molar refractivity (Wildman–Crippen MR) is 70.7 cm³/mol. The summed E-state index contributed by atoms with van der Waals surface area (Å²) in [6, 6.07) is 3.84. The number of thiophene rings is 1. The van der Waals surface area contributed by atoms with Crippen LogP contribution in [0.2, 0.25) is 0 Å². The predicted octanol–water partition coefficient (Wildman–Crippen LogP) is 2.87. The van der Waals surface area contributed by atoms with Gasteiger partial charge in [-0.25, -0.2) is 9.78 Å². The first-order chi connectivity index (χ1) is 9.20. The largest absolute Gasteiger partial charge is 0.456 e. The Morgan fingerprint density at radius 3 is 3.11 bits per heavy atom. The summed E-state index contributed by atoms with van der Waals surface area (Å²) in [6.45, 7) is 4.02. The minimum Gasteiger partial charge on any atom is -0.456 e. The lowest BCUT2D eigenvalue weighted by atomic mass is 10.4. The van der Waals surface area contributed by atoms with Gasteiger partial charge in [-0.15, -0.1) is 11.3 Å². The molecule has 102 valence electrons. The number of esters is 1. The van der Waals surface area contributed by atoms with Crippen LogP contribution in [0.4, 0.5) is 0 Å². The molecule has 2 aromatic rings. The van der Waals surface area contributed by atoms with Crippen LogP contribution >= 0.6 is 11.3 Å². The molecule has 0 N–H and O–H groups in total. The molecule has 0 spiro atoms. The Morgan fingerprint density at radius 1 is 1.58 bits per heavy atom. The first-order valence-corrected chi connectivity index (χ1v) is 6.85. The molecule has 0 radical (unpaired) electrons. The Balaban J connectivity index is 1.89. The average Bonchev–Trinajstić information content (AvgIpc) is 3.06. The number of carbonyl (C=O) groups is 1. The smallest absolute Gasteiger partial charge is 0.335 e. The number of aromatic nitrogens is 1. The molecule has 6 heteroatoms. The van der Waals surface area contributed by atoms with Gasteiger partial charge in [-0.2, -0.15) is 0 Å². The van der Waals surface area contributed by atoms with Crippen LogP contribution < -0.4 is 0 Å². The second-order valence-electron chi connectivity index (χ2n) is 3.81. The minimum absolute atomic E-state index is 0.0641. The molecule has 0 bridgehead atoms. The van der Waals surface area contributed by atoms with Gasteiger partial charge in [-0.1, -0.05) is 6.07 Å². The number of carbonyl (C=O) groups excluding carboxylic acids is 1. The molecule has 0 aromatic carbocycles. The van der Waals surface area contributed by atoms with Crippen molar-refractivity contribution in [3.05, 3.63) is 29.5 Å². The molecule has 0 saturated heterocycles. The average molecular weight is 281 g/mol. The molecule has 1 atom stereocenters. The van der Waals surface area contributed by atoms with E-state index in [0.29, 0.717) is 18.3 Å². The second-order valence-corrected chi connectivity index (χ2v) is 4.76. The van der Waals surface area contributed by atoms with Crippen LogP contribution in [0, 0.1) is 0 Å². The molecule has 2 rings (SSSR count). The van der Waals surface area contributed by atoms with Gasteiger partial charge in [0.05, 0.1) is 11.1 Å². The number of ether oxygens (including phenoxy) is 2. The van der Waals surface area contributed by atoms with Crippen LogP contribution in [0.15, 0.2) is 28.1 Å². The van der Waals surface area contributed by atoms with Crippen molar-refractivity contribution in [2.45, 2.75) is 26.6 Å². The van der Waals surface area contributed by atoms with Crippen molar-refractivity contribution in [3.63, 3.8) is 0 Å². The van der Waals surface area contributed by atoms with Crippen LogP contribution in [0.25, 0.3) is 10.8 Å². The minimum atomic E-state index is -0.565. The van der Waals surface area contributed by atoms with Gasteiger partial charge in [0.25, 0.3) is 0 Å². The van der Waals surface area contributed by atoms with E-state index in [2.05, 4.69) is 4.98 Å². The molecule has 2 heterocycles. The Labute approximate surface area is 115 Å². The van der Waals surface area contributed by atoms with Crippen LogP contribution in [0.1, 0.15) is 19.6 Å². The topological polar surface area (TPSA) is 61.6 Å². The van der Waals surface area contributed by atoms with Crippen molar-refractivity contribution in [3.8, 4) is 10.8 Å². The van der Waals surface area contributed by atoms with Gasteiger partial charge in [0.1, 0.15) is 0 Å². The molecule has 0 unspecified atom stereocenters.